The number of rotatable bonds is 5. The monoisotopic (exact) mass is 194 g/mol. The van der Waals surface area contributed by atoms with Gasteiger partial charge in [-0.05, 0) is 59.5 Å². The molecule has 0 aliphatic heterocycles. The van der Waals surface area contributed by atoms with E-state index in [1.807, 2.05) is 0 Å². The molecule has 0 aliphatic rings. The van der Waals surface area contributed by atoms with Gasteiger partial charge in [0.15, 0.2) is 0 Å². The number of aromatic nitrogens is 1. The van der Waals surface area contributed by atoms with Crippen LogP contribution in [0.4, 0.5) is 0 Å². The van der Waals surface area contributed by atoms with Crippen molar-refractivity contribution in [2.75, 3.05) is 20.6 Å². The minimum atomic E-state index is 0.583. The van der Waals surface area contributed by atoms with Crippen LogP contribution in [0.1, 0.15) is 32.0 Å². The van der Waals surface area contributed by atoms with Crippen molar-refractivity contribution in [2.24, 2.45) is 0 Å². The van der Waals surface area contributed by atoms with E-state index >= 15 is 0 Å². The summed E-state index contributed by atoms with van der Waals surface area (Å²) in [5.41, 5.74) is 1.46. The minimum absolute atomic E-state index is 0.583. The molecule has 0 spiro atoms. The molecule has 0 saturated heterocycles. The summed E-state index contributed by atoms with van der Waals surface area (Å²) < 4.78 is 2.36. The summed E-state index contributed by atoms with van der Waals surface area (Å²) in [5, 5.41) is 0. The lowest BCUT2D eigenvalue weighted by molar-refractivity contribution is 0.397. The van der Waals surface area contributed by atoms with E-state index in [0.717, 1.165) is 0 Å². The first-order valence-electron chi connectivity index (χ1n) is 5.41. The third-order valence-electron chi connectivity index (χ3n) is 2.46. The number of aryl methyl sites for hydroxylation is 1. The second-order valence-electron chi connectivity index (χ2n) is 4.41. The molecule has 1 heterocycles. The second kappa shape index (κ2) is 5.20. The van der Waals surface area contributed by atoms with Crippen LogP contribution in [0, 0.1) is 0 Å². The summed E-state index contributed by atoms with van der Waals surface area (Å²) >= 11 is 0. The molecule has 0 radical (unpaired) electrons. The molecule has 0 fully saturated rings. The maximum Gasteiger partial charge on any atom is 0.0276 e. The molecule has 1 aromatic heterocycles. The van der Waals surface area contributed by atoms with E-state index < -0.39 is 0 Å². The molecule has 2 heteroatoms. The van der Waals surface area contributed by atoms with Crippen LogP contribution in [0.3, 0.4) is 0 Å². The fourth-order valence-corrected chi connectivity index (χ4v) is 1.72. The van der Waals surface area contributed by atoms with Crippen molar-refractivity contribution >= 4 is 0 Å². The predicted octanol–water partition coefficient (Wildman–Crippen LogP) is 2.56. The third-order valence-corrected chi connectivity index (χ3v) is 2.46. The highest BCUT2D eigenvalue weighted by Gasteiger charge is 2.03. The maximum absolute atomic E-state index is 2.36. The first-order valence-corrected chi connectivity index (χ1v) is 5.41. The van der Waals surface area contributed by atoms with Gasteiger partial charge in [0.2, 0.25) is 0 Å². The zero-order valence-electron chi connectivity index (χ0n) is 9.83. The number of hydrogen-bond donors (Lipinski definition) is 0. The molecule has 14 heavy (non-hydrogen) atoms. The Hall–Kier alpha value is -0.760. The van der Waals surface area contributed by atoms with Crippen LogP contribution in [0.25, 0.3) is 0 Å². The van der Waals surface area contributed by atoms with Crippen molar-refractivity contribution in [2.45, 2.75) is 32.7 Å². The number of nitrogens with zero attached hydrogens (tertiary/aromatic N) is 2. The Morgan fingerprint density at radius 1 is 1.36 bits per heavy atom. The first-order chi connectivity index (χ1) is 6.61. The molecular formula is C12H22N2. The van der Waals surface area contributed by atoms with Crippen LogP contribution >= 0.6 is 0 Å². The molecule has 2 nitrogen and oxygen atoms in total. The lowest BCUT2D eigenvalue weighted by Gasteiger charge is -2.14. The number of hydrogen-bond acceptors (Lipinski definition) is 1. The Morgan fingerprint density at radius 2 is 2.07 bits per heavy atom. The Bertz CT molecular complexity index is 261. The largest absolute Gasteiger partial charge is 0.349 e. The lowest BCUT2D eigenvalue weighted by atomic mass is 10.2. The van der Waals surface area contributed by atoms with Gasteiger partial charge in [0.1, 0.15) is 0 Å². The molecule has 0 atom stereocenters. The van der Waals surface area contributed by atoms with Gasteiger partial charge in [0.25, 0.3) is 0 Å². The maximum atomic E-state index is 2.36. The zero-order valence-corrected chi connectivity index (χ0v) is 9.83. The summed E-state index contributed by atoms with van der Waals surface area (Å²) in [7, 11) is 4.25. The predicted molar refractivity (Wildman–Crippen MR) is 61.7 cm³/mol. The van der Waals surface area contributed by atoms with Gasteiger partial charge in [-0.3, -0.25) is 0 Å². The van der Waals surface area contributed by atoms with Gasteiger partial charge in [0, 0.05) is 17.9 Å². The Balaban J connectivity index is 2.46. The van der Waals surface area contributed by atoms with Gasteiger partial charge in [-0.25, -0.2) is 0 Å². The topological polar surface area (TPSA) is 8.17 Å². The Kier molecular flexibility index (Phi) is 4.21. The summed E-state index contributed by atoms with van der Waals surface area (Å²) in [6, 6.07) is 4.96. The van der Waals surface area contributed by atoms with Crippen molar-refractivity contribution in [3.63, 3.8) is 0 Å². The van der Waals surface area contributed by atoms with E-state index in [1.165, 1.54) is 25.1 Å². The highest BCUT2D eigenvalue weighted by molar-refractivity contribution is 5.08. The molecule has 80 valence electrons. The van der Waals surface area contributed by atoms with E-state index in [-0.39, 0.29) is 0 Å². The molecule has 1 aromatic rings. The lowest BCUT2D eigenvalue weighted by Crippen LogP contribution is -2.14. The van der Waals surface area contributed by atoms with Gasteiger partial charge in [-0.15, -0.1) is 0 Å². The molecule has 0 saturated carbocycles. The third kappa shape index (κ3) is 3.18. The van der Waals surface area contributed by atoms with Gasteiger partial charge < -0.3 is 9.47 Å². The molecule has 0 amide bonds. The van der Waals surface area contributed by atoms with Gasteiger partial charge in [-0.2, -0.15) is 0 Å². The van der Waals surface area contributed by atoms with Crippen LogP contribution in [0.2, 0.25) is 0 Å². The summed E-state index contributed by atoms with van der Waals surface area (Å²) in [4.78, 5) is 2.24. The fourth-order valence-electron chi connectivity index (χ4n) is 1.72. The van der Waals surface area contributed by atoms with Gasteiger partial charge in [0.05, 0.1) is 0 Å². The molecule has 0 bridgehead atoms. The smallest absolute Gasteiger partial charge is 0.0276 e. The van der Waals surface area contributed by atoms with Gasteiger partial charge in [-0.1, -0.05) is 0 Å². The van der Waals surface area contributed by atoms with Crippen LogP contribution in [-0.4, -0.2) is 30.1 Å². The second-order valence-corrected chi connectivity index (χ2v) is 4.41. The van der Waals surface area contributed by atoms with E-state index in [2.05, 4.69) is 55.7 Å². The SMILES string of the molecule is CC(C)n1cccc1CCCN(C)C. The molecule has 0 N–H and O–H groups in total. The molecule has 0 unspecified atom stereocenters. The van der Waals surface area contributed by atoms with Crippen LogP contribution < -0.4 is 0 Å². The quantitative estimate of drug-likeness (QED) is 0.699. The molecule has 0 aliphatic carbocycles. The van der Waals surface area contributed by atoms with E-state index in [9.17, 15) is 0 Å². The molecular weight excluding hydrogens is 172 g/mol. The highest BCUT2D eigenvalue weighted by atomic mass is 15.0. The molecule has 0 aromatic carbocycles. The van der Waals surface area contributed by atoms with Crippen molar-refractivity contribution in [3.05, 3.63) is 24.0 Å². The molecule has 1 rings (SSSR count). The highest BCUT2D eigenvalue weighted by Crippen LogP contribution is 2.12. The normalized spacial score (nSPS) is 11.6. The van der Waals surface area contributed by atoms with E-state index in [0.29, 0.717) is 6.04 Å². The summed E-state index contributed by atoms with van der Waals surface area (Å²) in [5.74, 6) is 0. The Morgan fingerprint density at radius 3 is 2.64 bits per heavy atom. The zero-order chi connectivity index (χ0) is 10.6. The fraction of sp³-hybridized carbons (Fsp3) is 0.667. The Labute approximate surface area is 87.5 Å². The van der Waals surface area contributed by atoms with E-state index in [1.54, 1.807) is 0 Å². The average molecular weight is 194 g/mol. The van der Waals surface area contributed by atoms with Gasteiger partial charge >= 0.3 is 0 Å². The van der Waals surface area contributed by atoms with E-state index in [4.69, 9.17) is 0 Å². The summed E-state index contributed by atoms with van der Waals surface area (Å²) in [6.45, 7) is 5.63. The first kappa shape index (κ1) is 11.3. The van der Waals surface area contributed by atoms with Crippen molar-refractivity contribution in [3.8, 4) is 0 Å². The van der Waals surface area contributed by atoms with Crippen LogP contribution in [-0.2, 0) is 6.42 Å². The minimum Gasteiger partial charge on any atom is -0.349 e. The van der Waals surface area contributed by atoms with Crippen molar-refractivity contribution in [1.29, 1.82) is 0 Å². The summed E-state index contributed by atoms with van der Waals surface area (Å²) in [6.07, 6.45) is 4.60. The average Bonchev–Trinajstić information content (AvgIpc) is 2.51. The van der Waals surface area contributed by atoms with Crippen molar-refractivity contribution < 1.29 is 0 Å². The standard InChI is InChI=1S/C12H22N2/c1-11(2)14-10-6-8-12(14)7-5-9-13(3)4/h6,8,10-11H,5,7,9H2,1-4H3. The van der Waals surface area contributed by atoms with Crippen LogP contribution in [0.5, 0.6) is 0 Å². The van der Waals surface area contributed by atoms with Crippen LogP contribution in [0.15, 0.2) is 18.3 Å². The van der Waals surface area contributed by atoms with Crippen molar-refractivity contribution in [1.82, 2.24) is 9.47 Å².